The van der Waals surface area contributed by atoms with Gasteiger partial charge in [0.1, 0.15) is 0 Å². The van der Waals surface area contributed by atoms with Crippen LogP contribution in [0.3, 0.4) is 0 Å². The Kier molecular flexibility index (Phi) is 23.9. The number of nitrogens with one attached hydrogen (secondary N) is 1. The molecule has 27 heavy (non-hydrogen) atoms. The third-order valence-electron chi connectivity index (χ3n) is 5.88. The largest absolute Gasteiger partial charge is 0.329 e. The third-order valence-corrected chi connectivity index (χ3v) is 5.88. The second-order valence-corrected chi connectivity index (χ2v) is 8.81. The Morgan fingerprint density at radius 2 is 0.815 bits per heavy atom. The summed E-state index contributed by atoms with van der Waals surface area (Å²) in [5, 5.41) is 3.47. The summed E-state index contributed by atoms with van der Waals surface area (Å²) in [7, 11) is 0. The first kappa shape index (κ1) is 26.9. The van der Waals surface area contributed by atoms with E-state index in [1.165, 1.54) is 128 Å². The van der Waals surface area contributed by atoms with Gasteiger partial charge in [0.25, 0.3) is 0 Å². The number of rotatable bonds is 23. The molecule has 0 saturated heterocycles. The molecule has 0 saturated carbocycles. The summed E-state index contributed by atoms with van der Waals surface area (Å²) in [4.78, 5) is 0. The van der Waals surface area contributed by atoms with Crippen LogP contribution in [0.15, 0.2) is 0 Å². The van der Waals surface area contributed by atoms with Crippen molar-refractivity contribution in [1.82, 2.24) is 5.32 Å². The Morgan fingerprint density at radius 1 is 0.519 bits per heavy atom. The highest BCUT2D eigenvalue weighted by Gasteiger charge is 1.97. The van der Waals surface area contributed by atoms with Gasteiger partial charge >= 0.3 is 0 Å². The first-order chi connectivity index (χ1) is 13.3. The fourth-order valence-electron chi connectivity index (χ4n) is 3.81. The molecule has 0 aliphatic heterocycles. The van der Waals surface area contributed by atoms with Gasteiger partial charge in [-0.2, -0.15) is 0 Å². The van der Waals surface area contributed by atoms with Crippen molar-refractivity contribution in [3.63, 3.8) is 0 Å². The Labute approximate surface area is 172 Å². The zero-order valence-corrected chi connectivity index (χ0v) is 19.2. The molecule has 0 aromatic carbocycles. The minimum Gasteiger partial charge on any atom is -0.329 e. The highest BCUT2D eigenvalue weighted by atomic mass is 14.9. The van der Waals surface area contributed by atoms with Gasteiger partial charge in [0, 0.05) is 12.6 Å². The summed E-state index contributed by atoms with van der Waals surface area (Å²) in [6, 6.07) is 0.477. The summed E-state index contributed by atoms with van der Waals surface area (Å²) < 4.78 is 0. The molecule has 0 spiro atoms. The Hall–Kier alpha value is -0.0800. The monoisotopic (exact) mass is 382 g/mol. The fraction of sp³-hybridized carbons (Fsp3) is 1.00. The number of nitrogens with two attached hydrogens (primary N) is 1. The van der Waals surface area contributed by atoms with Gasteiger partial charge in [-0.1, -0.05) is 129 Å². The van der Waals surface area contributed by atoms with Crippen molar-refractivity contribution in [2.45, 2.75) is 148 Å². The van der Waals surface area contributed by atoms with E-state index in [2.05, 4.69) is 19.2 Å². The molecule has 2 heteroatoms. The average Bonchev–Trinajstić information content (AvgIpc) is 2.68. The Bertz CT molecular complexity index is 255. The maximum Gasteiger partial charge on any atom is 0.0161 e. The van der Waals surface area contributed by atoms with Crippen LogP contribution in [-0.4, -0.2) is 19.1 Å². The molecule has 3 N–H and O–H groups in total. The van der Waals surface area contributed by atoms with E-state index in [4.69, 9.17) is 5.73 Å². The van der Waals surface area contributed by atoms with Gasteiger partial charge in [0.2, 0.25) is 0 Å². The third kappa shape index (κ3) is 23.9. The van der Waals surface area contributed by atoms with Crippen molar-refractivity contribution >= 4 is 0 Å². The van der Waals surface area contributed by atoms with Crippen LogP contribution >= 0.6 is 0 Å². The highest BCUT2D eigenvalue weighted by Crippen LogP contribution is 2.14. The van der Waals surface area contributed by atoms with Gasteiger partial charge < -0.3 is 11.1 Å². The molecule has 0 fully saturated rings. The van der Waals surface area contributed by atoms with E-state index in [-0.39, 0.29) is 0 Å². The highest BCUT2D eigenvalue weighted by molar-refractivity contribution is 4.60. The van der Waals surface area contributed by atoms with Gasteiger partial charge in [-0.3, -0.25) is 0 Å². The van der Waals surface area contributed by atoms with E-state index in [1.807, 2.05) is 0 Å². The molecular weight excluding hydrogens is 328 g/mol. The summed E-state index contributed by atoms with van der Waals surface area (Å²) in [6.07, 6.45) is 28.9. The predicted octanol–water partition coefficient (Wildman–Crippen LogP) is 7.75. The molecule has 0 heterocycles. The SMILES string of the molecule is CCCCCCCCCCCCCCCCCCCCCCNC(C)CN. The van der Waals surface area contributed by atoms with Gasteiger partial charge in [-0.25, -0.2) is 0 Å². The van der Waals surface area contributed by atoms with Crippen LogP contribution < -0.4 is 11.1 Å². The minimum absolute atomic E-state index is 0.477. The first-order valence-corrected chi connectivity index (χ1v) is 12.7. The summed E-state index contributed by atoms with van der Waals surface area (Å²) in [5.41, 5.74) is 5.60. The van der Waals surface area contributed by atoms with E-state index in [1.54, 1.807) is 0 Å². The number of hydrogen-bond donors (Lipinski definition) is 2. The standard InChI is InChI=1S/C25H54N2/c1-3-4-5-6-7-8-9-10-11-12-13-14-15-16-17-18-19-20-21-22-23-27-25(2)24-26/h25,27H,3-24,26H2,1-2H3. The smallest absolute Gasteiger partial charge is 0.0161 e. The van der Waals surface area contributed by atoms with Crippen LogP contribution in [0.25, 0.3) is 0 Å². The quantitative estimate of drug-likeness (QED) is 0.177. The lowest BCUT2D eigenvalue weighted by atomic mass is 10.0. The lowest BCUT2D eigenvalue weighted by molar-refractivity contribution is 0.506. The van der Waals surface area contributed by atoms with Crippen LogP contribution in [0.4, 0.5) is 0 Å². The van der Waals surface area contributed by atoms with Gasteiger partial charge in [-0.15, -0.1) is 0 Å². The molecule has 1 unspecified atom stereocenters. The van der Waals surface area contributed by atoms with E-state index in [0.717, 1.165) is 13.1 Å². The average molecular weight is 383 g/mol. The molecule has 0 rings (SSSR count). The van der Waals surface area contributed by atoms with Crippen LogP contribution in [-0.2, 0) is 0 Å². The molecule has 2 nitrogen and oxygen atoms in total. The van der Waals surface area contributed by atoms with Gasteiger partial charge in [0.15, 0.2) is 0 Å². The van der Waals surface area contributed by atoms with Crippen LogP contribution in [0.1, 0.15) is 142 Å². The molecule has 0 aromatic heterocycles. The lowest BCUT2D eigenvalue weighted by Crippen LogP contribution is -2.33. The molecule has 0 bridgehead atoms. The van der Waals surface area contributed by atoms with Crippen LogP contribution in [0.2, 0.25) is 0 Å². The van der Waals surface area contributed by atoms with Gasteiger partial charge in [0.05, 0.1) is 0 Å². The fourth-order valence-corrected chi connectivity index (χ4v) is 3.81. The zero-order chi connectivity index (χ0) is 19.8. The maximum atomic E-state index is 5.60. The van der Waals surface area contributed by atoms with Crippen molar-refractivity contribution in [3.8, 4) is 0 Å². The van der Waals surface area contributed by atoms with Crippen molar-refractivity contribution in [2.24, 2.45) is 5.73 Å². The predicted molar refractivity (Wildman–Crippen MR) is 125 cm³/mol. The summed E-state index contributed by atoms with van der Waals surface area (Å²) >= 11 is 0. The van der Waals surface area contributed by atoms with Crippen molar-refractivity contribution in [1.29, 1.82) is 0 Å². The molecule has 0 aliphatic carbocycles. The van der Waals surface area contributed by atoms with E-state index in [0.29, 0.717) is 6.04 Å². The zero-order valence-electron chi connectivity index (χ0n) is 19.2. The van der Waals surface area contributed by atoms with Crippen LogP contribution in [0, 0.1) is 0 Å². The minimum atomic E-state index is 0.477. The van der Waals surface area contributed by atoms with Gasteiger partial charge in [-0.05, 0) is 19.9 Å². The van der Waals surface area contributed by atoms with Crippen molar-refractivity contribution < 1.29 is 0 Å². The second kappa shape index (κ2) is 24.0. The molecular formula is C25H54N2. The molecule has 1 atom stereocenters. The van der Waals surface area contributed by atoms with Crippen molar-refractivity contribution in [3.05, 3.63) is 0 Å². The Balaban J connectivity index is 2.99. The maximum absolute atomic E-state index is 5.60. The normalized spacial score (nSPS) is 12.6. The summed E-state index contributed by atoms with van der Waals surface area (Å²) in [5.74, 6) is 0. The second-order valence-electron chi connectivity index (χ2n) is 8.81. The first-order valence-electron chi connectivity index (χ1n) is 12.7. The van der Waals surface area contributed by atoms with Crippen LogP contribution in [0.5, 0.6) is 0 Å². The van der Waals surface area contributed by atoms with Crippen molar-refractivity contribution in [2.75, 3.05) is 13.1 Å². The lowest BCUT2D eigenvalue weighted by Gasteiger charge is -2.10. The topological polar surface area (TPSA) is 38.0 Å². The molecule has 0 aliphatic rings. The summed E-state index contributed by atoms with van der Waals surface area (Å²) in [6.45, 7) is 6.35. The van der Waals surface area contributed by atoms with E-state index in [9.17, 15) is 0 Å². The van der Waals surface area contributed by atoms with E-state index < -0.39 is 0 Å². The Morgan fingerprint density at radius 3 is 1.11 bits per heavy atom. The molecule has 164 valence electrons. The molecule has 0 aromatic rings. The number of unbranched alkanes of at least 4 members (excludes halogenated alkanes) is 19. The molecule has 0 amide bonds. The van der Waals surface area contributed by atoms with E-state index >= 15 is 0 Å². The number of hydrogen-bond acceptors (Lipinski definition) is 2. The molecule has 0 radical (unpaired) electrons.